The number of nitrogens with zero attached hydrogens (tertiary/aromatic N) is 3. The summed E-state index contributed by atoms with van der Waals surface area (Å²) in [5.41, 5.74) is 2.87. The topological polar surface area (TPSA) is 54.4 Å². The lowest BCUT2D eigenvalue weighted by atomic mass is 10.0. The molecule has 2 heterocycles. The molecule has 31 heavy (non-hydrogen) atoms. The van der Waals surface area contributed by atoms with Crippen molar-refractivity contribution in [2.24, 2.45) is 5.10 Å². The van der Waals surface area contributed by atoms with E-state index in [2.05, 4.69) is 0 Å². The lowest BCUT2D eigenvalue weighted by Gasteiger charge is -2.26. The van der Waals surface area contributed by atoms with Crippen molar-refractivity contribution in [1.29, 1.82) is 0 Å². The summed E-state index contributed by atoms with van der Waals surface area (Å²) in [6.07, 6.45) is 0.650. The van der Waals surface area contributed by atoms with Gasteiger partial charge in [-0.3, -0.25) is 4.79 Å². The van der Waals surface area contributed by atoms with E-state index in [0.29, 0.717) is 17.9 Å². The van der Waals surface area contributed by atoms with Crippen LogP contribution in [-0.4, -0.2) is 44.4 Å². The zero-order valence-electron chi connectivity index (χ0n) is 17.8. The fourth-order valence-electron chi connectivity index (χ4n) is 3.70. The third-order valence-electron chi connectivity index (χ3n) is 5.33. The molecular weight excluding hydrogens is 410 g/mol. The molecule has 0 fully saturated rings. The van der Waals surface area contributed by atoms with E-state index < -0.39 is 0 Å². The summed E-state index contributed by atoms with van der Waals surface area (Å²) >= 11 is 1.63. The Morgan fingerprint density at radius 3 is 2.55 bits per heavy atom. The van der Waals surface area contributed by atoms with Crippen molar-refractivity contribution >= 4 is 28.6 Å². The van der Waals surface area contributed by atoms with Crippen LogP contribution in [0.25, 0.3) is 0 Å². The van der Waals surface area contributed by atoms with Crippen LogP contribution in [0, 0.1) is 0 Å². The standard InChI is InChI=1S/C24H25N3O3S/c1-26(18-8-5-4-6-9-18)16-24(28)27-20(15-19(25-27)23-10-7-13-31-23)17-11-12-21(29-2)22(14-17)30-3/h4-14,20H,15-16H2,1-3H3. The van der Waals surface area contributed by atoms with Crippen molar-refractivity contribution in [3.05, 3.63) is 76.5 Å². The number of anilines is 1. The zero-order valence-corrected chi connectivity index (χ0v) is 18.6. The first-order valence-electron chi connectivity index (χ1n) is 10.0. The van der Waals surface area contributed by atoms with Crippen LogP contribution >= 0.6 is 11.3 Å². The van der Waals surface area contributed by atoms with Gasteiger partial charge in [0.1, 0.15) is 0 Å². The molecule has 2 aromatic carbocycles. The quantitative estimate of drug-likeness (QED) is 0.545. The highest BCUT2D eigenvalue weighted by atomic mass is 32.1. The van der Waals surface area contributed by atoms with Gasteiger partial charge in [-0.15, -0.1) is 11.3 Å². The number of likely N-dealkylation sites (N-methyl/N-ethyl adjacent to an activating group) is 1. The Kier molecular flexibility index (Phi) is 6.23. The van der Waals surface area contributed by atoms with E-state index >= 15 is 0 Å². The Morgan fingerprint density at radius 2 is 1.87 bits per heavy atom. The molecule has 1 aromatic heterocycles. The van der Waals surface area contributed by atoms with Gasteiger partial charge < -0.3 is 14.4 Å². The number of thiophene rings is 1. The largest absolute Gasteiger partial charge is 0.493 e. The van der Waals surface area contributed by atoms with Crippen LogP contribution in [0.1, 0.15) is 22.9 Å². The third kappa shape index (κ3) is 4.41. The fraction of sp³-hybridized carbons (Fsp3) is 0.250. The van der Waals surface area contributed by atoms with Gasteiger partial charge in [0.05, 0.1) is 37.4 Å². The molecule has 1 aliphatic rings. The molecular formula is C24H25N3O3S. The van der Waals surface area contributed by atoms with Gasteiger partial charge in [-0.25, -0.2) is 5.01 Å². The molecule has 3 aromatic rings. The number of rotatable bonds is 7. The molecule has 1 amide bonds. The second-order valence-corrected chi connectivity index (χ2v) is 8.24. The minimum atomic E-state index is -0.200. The number of carbonyl (C=O) groups excluding carboxylic acids is 1. The molecule has 0 bridgehead atoms. The van der Waals surface area contributed by atoms with Crippen LogP contribution in [0.5, 0.6) is 11.5 Å². The van der Waals surface area contributed by atoms with Gasteiger partial charge >= 0.3 is 0 Å². The normalized spacial score (nSPS) is 15.5. The highest BCUT2D eigenvalue weighted by Crippen LogP contribution is 2.38. The summed E-state index contributed by atoms with van der Waals surface area (Å²) in [4.78, 5) is 16.3. The van der Waals surface area contributed by atoms with E-state index in [0.717, 1.165) is 21.8 Å². The number of hydrogen-bond acceptors (Lipinski definition) is 6. The summed E-state index contributed by atoms with van der Waals surface area (Å²) in [6.45, 7) is 0.231. The summed E-state index contributed by atoms with van der Waals surface area (Å²) in [7, 11) is 5.14. The van der Waals surface area contributed by atoms with Crippen LogP contribution < -0.4 is 14.4 Å². The smallest absolute Gasteiger partial charge is 0.262 e. The number of hydrazone groups is 1. The van der Waals surface area contributed by atoms with Gasteiger partial charge in [-0.1, -0.05) is 30.3 Å². The van der Waals surface area contributed by atoms with Crippen molar-refractivity contribution in [1.82, 2.24) is 5.01 Å². The van der Waals surface area contributed by atoms with Crippen LogP contribution in [-0.2, 0) is 4.79 Å². The van der Waals surface area contributed by atoms with Gasteiger partial charge in [0.15, 0.2) is 11.5 Å². The summed E-state index contributed by atoms with van der Waals surface area (Å²) in [6, 6.07) is 19.5. The minimum absolute atomic E-state index is 0.0577. The predicted octanol–water partition coefficient (Wildman–Crippen LogP) is 4.58. The molecule has 0 N–H and O–H groups in total. The molecule has 0 radical (unpaired) electrons. The van der Waals surface area contributed by atoms with Crippen molar-refractivity contribution in [2.45, 2.75) is 12.5 Å². The maximum atomic E-state index is 13.3. The summed E-state index contributed by atoms with van der Waals surface area (Å²) in [5, 5.41) is 8.39. The lowest BCUT2D eigenvalue weighted by molar-refractivity contribution is -0.131. The number of benzene rings is 2. The molecule has 0 saturated heterocycles. The lowest BCUT2D eigenvalue weighted by Crippen LogP contribution is -2.36. The number of methoxy groups -OCH3 is 2. The van der Waals surface area contributed by atoms with E-state index in [4.69, 9.17) is 14.6 Å². The van der Waals surface area contributed by atoms with Crippen molar-refractivity contribution in [2.75, 3.05) is 32.7 Å². The van der Waals surface area contributed by atoms with Gasteiger partial charge in [0.25, 0.3) is 5.91 Å². The van der Waals surface area contributed by atoms with Crippen LogP contribution in [0.2, 0.25) is 0 Å². The average Bonchev–Trinajstić information content (AvgIpc) is 3.49. The van der Waals surface area contributed by atoms with Gasteiger partial charge in [0, 0.05) is 19.2 Å². The first kappa shape index (κ1) is 20.9. The molecule has 4 rings (SSSR count). The van der Waals surface area contributed by atoms with Gasteiger partial charge in [0.2, 0.25) is 0 Å². The zero-order chi connectivity index (χ0) is 21.8. The number of amides is 1. The summed E-state index contributed by atoms with van der Waals surface area (Å²) in [5.74, 6) is 1.24. The van der Waals surface area contributed by atoms with Gasteiger partial charge in [-0.05, 0) is 41.3 Å². The van der Waals surface area contributed by atoms with E-state index in [9.17, 15) is 4.79 Å². The highest BCUT2D eigenvalue weighted by Gasteiger charge is 2.34. The molecule has 0 saturated carbocycles. The Morgan fingerprint density at radius 1 is 1.10 bits per heavy atom. The number of ether oxygens (including phenoxy) is 2. The highest BCUT2D eigenvalue weighted by molar-refractivity contribution is 7.12. The average molecular weight is 436 g/mol. The first-order chi connectivity index (χ1) is 15.1. The molecule has 6 nitrogen and oxygen atoms in total. The van der Waals surface area contributed by atoms with Crippen molar-refractivity contribution < 1.29 is 14.3 Å². The maximum Gasteiger partial charge on any atom is 0.262 e. The SMILES string of the molecule is COc1ccc(C2CC(c3cccs3)=NN2C(=O)CN(C)c2ccccc2)cc1OC. The predicted molar refractivity (Wildman–Crippen MR) is 124 cm³/mol. The van der Waals surface area contributed by atoms with E-state index in [-0.39, 0.29) is 18.5 Å². The van der Waals surface area contributed by atoms with Crippen molar-refractivity contribution in [3.8, 4) is 11.5 Å². The van der Waals surface area contributed by atoms with Crippen LogP contribution in [0.15, 0.2) is 71.1 Å². The summed E-state index contributed by atoms with van der Waals surface area (Å²) < 4.78 is 10.9. The van der Waals surface area contributed by atoms with Crippen LogP contribution in [0.3, 0.4) is 0 Å². The third-order valence-corrected chi connectivity index (χ3v) is 6.25. The molecule has 0 spiro atoms. The maximum absolute atomic E-state index is 13.3. The molecule has 0 aliphatic carbocycles. The van der Waals surface area contributed by atoms with Crippen molar-refractivity contribution in [3.63, 3.8) is 0 Å². The van der Waals surface area contributed by atoms with E-state index in [1.165, 1.54) is 0 Å². The second kappa shape index (κ2) is 9.22. The number of hydrogen-bond donors (Lipinski definition) is 0. The Bertz CT molecular complexity index is 1070. The first-order valence-corrected chi connectivity index (χ1v) is 10.9. The molecule has 1 atom stereocenters. The molecule has 7 heteroatoms. The Labute approximate surface area is 186 Å². The fourth-order valence-corrected chi connectivity index (χ4v) is 4.42. The monoisotopic (exact) mass is 435 g/mol. The van der Waals surface area contributed by atoms with Gasteiger partial charge in [-0.2, -0.15) is 5.10 Å². The second-order valence-electron chi connectivity index (χ2n) is 7.29. The molecule has 160 valence electrons. The number of para-hydroxylation sites is 1. The molecule has 1 aliphatic heterocycles. The minimum Gasteiger partial charge on any atom is -0.493 e. The van der Waals surface area contributed by atoms with E-state index in [1.807, 2.05) is 78.0 Å². The Hall–Kier alpha value is -3.32. The number of carbonyl (C=O) groups is 1. The molecule has 1 unspecified atom stereocenters. The van der Waals surface area contributed by atoms with Crippen LogP contribution in [0.4, 0.5) is 5.69 Å². The van der Waals surface area contributed by atoms with E-state index in [1.54, 1.807) is 30.6 Å². The Balaban J connectivity index is 1.63.